The first-order valence-corrected chi connectivity index (χ1v) is 10.3. The molecular weight excluding hydrogens is 520 g/mol. The minimum atomic E-state index is -0.264. The van der Waals surface area contributed by atoms with E-state index < -0.39 is 0 Å². The van der Waals surface area contributed by atoms with Crippen molar-refractivity contribution in [2.24, 2.45) is 0 Å². The maximum absolute atomic E-state index is 11.9. The van der Waals surface area contributed by atoms with Gasteiger partial charge < -0.3 is 5.11 Å². The van der Waals surface area contributed by atoms with Crippen LogP contribution in [0.1, 0.15) is 27.6 Å². The second-order valence-corrected chi connectivity index (χ2v) is 7.88. The van der Waals surface area contributed by atoms with Gasteiger partial charge in [-0.3, -0.25) is 23.2 Å². The van der Waals surface area contributed by atoms with E-state index in [-0.39, 0.29) is 27.9 Å². The molecule has 4 rings (SSSR count). The van der Waals surface area contributed by atoms with Crippen molar-refractivity contribution in [1.82, 2.24) is 18.8 Å². The number of fused-ring (bicyclic) bond motifs is 2. The number of aldehydes is 1. The van der Waals surface area contributed by atoms with Crippen LogP contribution < -0.4 is 11.1 Å². The van der Waals surface area contributed by atoms with Crippen molar-refractivity contribution in [2.45, 2.75) is 20.5 Å². The molecule has 0 saturated heterocycles. The van der Waals surface area contributed by atoms with Crippen molar-refractivity contribution >= 4 is 49.4 Å². The van der Waals surface area contributed by atoms with Crippen molar-refractivity contribution in [1.29, 1.82) is 0 Å². The molecule has 0 unspecified atom stereocenters. The molecule has 0 aliphatic rings. The van der Waals surface area contributed by atoms with E-state index >= 15 is 0 Å². The molecule has 0 spiro atoms. The second kappa shape index (κ2) is 8.99. The molecule has 1 N–H and O–H groups in total. The first-order valence-electron chi connectivity index (χ1n) is 8.70. The molecule has 0 aromatic carbocycles. The Kier molecular flexibility index (Phi) is 6.59. The zero-order chi connectivity index (χ0) is 22.0. The summed E-state index contributed by atoms with van der Waals surface area (Å²) < 4.78 is 3.47. The fraction of sp³-hybridized carbons (Fsp3) is 0.150. The van der Waals surface area contributed by atoms with E-state index in [4.69, 9.17) is 5.11 Å². The summed E-state index contributed by atoms with van der Waals surface area (Å²) >= 11 is 6.21. The van der Waals surface area contributed by atoms with Gasteiger partial charge in [0.15, 0.2) is 6.29 Å². The molecule has 0 aliphatic heterocycles. The van der Waals surface area contributed by atoms with E-state index in [1.165, 1.54) is 8.80 Å². The van der Waals surface area contributed by atoms with Crippen molar-refractivity contribution in [3.8, 4) is 0 Å². The Morgan fingerprint density at radius 3 is 1.90 bits per heavy atom. The van der Waals surface area contributed by atoms with Crippen LogP contribution in [0.3, 0.4) is 0 Å². The standard InChI is InChI=1S/C10H9BrN2O2.C10H7BrN2O2/c2*1-6-3-2-4-8-12-7(5-14)9(11)10(15)13(6)8/h2-4,14H,5H2,1H3;2-5H,1H3. The number of carbonyl (C=O) groups excluding carboxylic acids is 1. The molecule has 4 aromatic heterocycles. The number of aliphatic hydroxyl groups is 1. The van der Waals surface area contributed by atoms with Crippen molar-refractivity contribution in [3.05, 3.63) is 88.8 Å². The van der Waals surface area contributed by atoms with E-state index in [9.17, 15) is 14.4 Å². The fourth-order valence-corrected chi connectivity index (χ4v) is 3.63. The number of aryl methyl sites for hydroxylation is 2. The minimum absolute atomic E-state index is 0.130. The average Bonchev–Trinajstić information content (AvgIpc) is 2.73. The summed E-state index contributed by atoms with van der Waals surface area (Å²) in [5.41, 5.74) is 2.66. The smallest absolute Gasteiger partial charge is 0.273 e. The van der Waals surface area contributed by atoms with Crippen LogP contribution in [0.4, 0.5) is 0 Å². The number of hydrogen-bond donors (Lipinski definition) is 1. The van der Waals surface area contributed by atoms with Crippen molar-refractivity contribution < 1.29 is 9.90 Å². The van der Waals surface area contributed by atoms with Gasteiger partial charge in [-0.1, -0.05) is 12.1 Å². The second-order valence-electron chi connectivity index (χ2n) is 6.29. The Bertz CT molecular complexity index is 1400. The van der Waals surface area contributed by atoms with Crippen molar-refractivity contribution in [3.63, 3.8) is 0 Å². The van der Waals surface area contributed by atoms with Gasteiger partial charge in [0.25, 0.3) is 11.1 Å². The number of nitrogens with zero attached hydrogens (tertiary/aromatic N) is 4. The molecule has 8 nitrogen and oxygen atoms in total. The summed E-state index contributed by atoms with van der Waals surface area (Å²) in [5.74, 6) is 0. The molecule has 0 aliphatic carbocycles. The lowest BCUT2D eigenvalue weighted by molar-refractivity contribution is 0.111. The third-order valence-electron chi connectivity index (χ3n) is 4.33. The lowest BCUT2D eigenvalue weighted by atomic mass is 10.3. The first-order chi connectivity index (χ1) is 14.3. The summed E-state index contributed by atoms with van der Waals surface area (Å²) in [5, 5.41) is 9.03. The third kappa shape index (κ3) is 3.98. The zero-order valence-electron chi connectivity index (χ0n) is 16.0. The molecule has 4 heterocycles. The lowest BCUT2D eigenvalue weighted by Gasteiger charge is -2.06. The van der Waals surface area contributed by atoms with E-state index in [1.807, 2.05) is 32.0 Å². The molecular formula is C20H16Br2N4O4. The normalized spacial score (nSPS) is 10.7. The first kappa shape index (κ1) is 22.0. The van der Waals surface area contributed by atoms with Gasteiger partial charge in [-0.2, -0.15) is 0 Å². The summed E-state index contributed by atoms with van der Waals surface area (Å²) in [6.45, 7) is 3.39. The molecule has 0 radical (unpaired) electrons. The zero-order valence-corrected chi connectivity index (χ0v) is 19.1. The summed E-state index contributed by atoms with van der Waals surface area (Å²) in [6.07, 6.45) is 0.563. The van der Waals surface area contributed by atoms with Crippen LogP contribution in [0, 0.1) is 13.8 Å². The molecule has 10 heteroatoms. The number of aromatic nitrogens is 4. The Morgan fingerprint density at radius 2 is 1.40 bits per heavy atom. The van der Waals surface area contributed by atoms with Gasteiger partial charge in [0.05, 0.1) is 12.3 Å². The number of pyridine rings is 2. The van der Waals surface area contributed by atoms with Crippen LogP contribution in [-0.4, -0.2) is 30.2 Å². The maximum atomic E-state index is 11.9. The minimum Gasteiger partial charge on any atom is -0.390 e. The summed E-state index contributed by atoms with van der Waals surface area (Å²) in [6, 6.07) is 10.7. The van der Waals surface area contributed by atoms with E-state index in [1.54, 1.807) is 18.2 Å². The quantitative estimate of drug-likeness (QED) is 0.396. The monoisotopic (exact) mass is 534 g/mol. The van der Waals surface area contributed by atoms with Crippen molar-refractivity contribution in [2.75, 3.05) is 0 Å². The number of aliphatic hydroxyl groups excluding tert-OH is 1. The molecule has 0 bridgehead atoms. The average molecular weight is 536 g/mol. The Morgan fingerprint density at radius 1 is 0.900 bits per heavy atom. The predicted octanol–water partition coefficient (Wildman–Crippen LogP) is 2.84. The third-order valence-corrected chi connectivity index (χ3v) is 5.88. The van der Waals surface area contributed by atoms with E-state index in [2.05, 4.69) is 41.8 Å². The van der Waals surface area contributed by atoms with Crippen LogP contribution in [0.5, 0.6) is 0 Å². The van der Waals surface area contributed by atoms with Gasteiger partial charge in [-0.15, -0.1) is 0 Å². The Labute approximate surface area is 187 Å². The molecule has 4 aromatic rings. The topological polar surface area (TPSA) is 106 Å². The van der Waals surface area contributed by atoms with Crippen LogP contribution in [0.15, 0.2) is 54.9 Å². The van der Waals surface area contributed by atoms with E-state index in [0.717, 1.165) is 11.4 Å². The van der Waals surface area contributed by atoms with Gasteiger partial charge in [0.2, 0.25) is 0 Å². The highest BCUT2D eigenvalue weighted by molar-refractivity contribution is 9.10. The molecule has 0 amide bonds. The van der Waals surface area contributed by atoms with Crippen LogP contribution in [-0.2, 0) is 6.61 Å². The van der Waals surface area contributed by atoms with Gasteiger partial charge in [-0.05, 0) is 70.0 Å². The highest BCUT2D eigenvalue weighted by Crippen LogP contribution is 2.12. The molecule has 0 saturated carbocycles. The largest absolute Gasteiger partial charge is 0.390 e. The number of hydrogen-bond acceptors (Lipinski definition) is 6. The molecule has 154 valence electrons. The number of carbonyl (C=O) groups is 1. The summed E-state index contributed by atoms with van der Waals surface area (Å²) in [4.78, 5) is 42.7. The Hall–Kier alpha value is -2.69. The highest BCUT2D eigenvalue weighted by atomic mass is 79.9. The highest BCUT2D eigenvalue weighted by Gasteiger charge is 2.11. The predicted molar refractivity (Wildman–Crippen MR) is 119 cm³/mol. The molecule has 30 heavy (non-hydrogen) atoms. The molecule has 0 atom stereocenters. The SMILES string of the molecule is Cc1cccc2nc(C=O)c(Br)c(=O)n12.Cc1cccc2nc(CO)c(Br)c(=O)n12. The summed E-state index contributed by atoms with van der Waals surface area (Å²) in [7, 11) is 0. The fourth-order valence-electron chi connectivity index (χ4n) is 2.88. The molecule has 0 fully saturated rings. The van der Waals surface area contributed by atoms with Crippen LogP contribution in [0.25, 0.3) is 11.3 Å². The van der Waals surface area contributed by atoms with Crippen LogP contribution >= 0.6 is 31.9 Å². The van der Waals surface area contributed by atoms with Gasteiger partial charge >= 0.3 is 0 Å². The number of halogens is 2. The van der Waals surface area contributed by atoms with Crippen LogP contribution in [0.2, 0.25) is 0 Å². The lowest BCUT2D eigenvalue weighted by Crippen LogP contribution is -2.20. The van der Waals surface area contributed by atoms with Gasteiger partial charge in [0.1, 0.15) is 25.9 Å². The van der Waals surface area contributed by atoms with E-state index in [0.29, 0.717) is 27.7 Å². The maximum Gasteiger partial charge on any atom is 0.273 e. The van der Waals surface area contributed by atoms with Gasteiger partial charge in [-0.25, -0.2) is 9.97 Å². The van der Waals surface area contributed by atoms with Gasteiger partial charge in [0, 0.05) is 11.4 Å². The Balaban J connectivity index is 0.000000171. The number of rotatable bonds is 2.